The molecule has 0 aromatic rings. The highest BCUT2D eigenvalue weighted by Crippen LogP contribution is 2.07. The van der Waals surface area contributed by atoms with Crippen LogP contribution in [0, 0.1) is 0 Å². The minimum atomic E-state index is 0.379. The van der Waals surface area contributed by atoms with Crippen LogP contribution in [-0.2, 0) is 4.74 Å². The highest BCUT2D eigenvalue weighted by molar-refractivity contribution is 6.17. The van der Waals surface area contributed by atoms with Crippen molar-refractivity contribution in [1.29, 1.82) is 0 Å². The van der Waals surface area contributed by atoms with Gasteiger partial charge in [-0.1, -0.05) is 13.8 Å². The molecule has 1 fully saturated rings. The van der Waals surface area contributed by atoms with Gasteiger partial charge in [0.25, 0.3) is 0 Å². The molecule has 3 nitrogen and oxygen atoms in total. The molecule has 1 heterocycles. The van der Waals surface area contributed by atoms with Crippen LogP contribution in [0.2, 0.25) is 0 Å². The Balaban J connectivity index is 2.27. The number of rotatable bonds is 7. The molecule has 0 amide bonds. The summed E-state index contributed by atoms with van der Waals surface area (Å²) in [6.07, 6.45) is 1.45. The largest absolute Gasteiger partial charge is 0.374 e. The van der Waals surface area contributed by atoms with Crippen molar-refractivity contribution >= 4 is 11.6 Å². The molecule has 0 bridgehead atoms. The van der Waals surface area contributed by atoms with Gasteiger partial charge in [0.05, 0.1) is 12.7 Å². The van der Waals surface area contributed by atoms with Crippen molar-refractivity contribution < 1.29 is 4.74 Å². The fourth-order valence-electron chi connectivity index (χ4n) is 2.13. The zero-order chi connectivity index (χ0) is 11.8. The first kappa shape index (κ1) is 14.2. The summed E-state index contributed by atoms with van der Waals surface area (Å²) in [5.74, 6) is 0.753. The Morgan fingerprint density at radius 3 is 2.88 bits per heavy atom. The van der Waals surface area contributed by atoms with Gasteiger partial charge in [-0.2, -0.15) is 0 Å². The summed E-state index contributed by atoms with van der Waals surface area (Å²) < 4.78 is 5.81. The van der Waals surface area contributed by atoms with E-state index in [1.165, 1.54) is 0 Å². The van der Waals surface area contributed by atoms with Crippen LogP contribution in [-0.4, -0.2) is 67.7 Å². The van der Waals surface area contributed by atoms with Gasteiger partial charge < -0.3 is 9.64 Å². The number of halogens is 1. The summed E-state index contributed by atoms with van der Waals surface area (Å²) in [6, 6.07) is 0. The Morgan fingerprint density at radius 1 is 1.44 bits per heavy atom. The van der Waals surface area contributed by atoms with E-state index in [1.807, 2.05) is 0 Å². The van der Waals surface area contributed by atoms with Crippen LogP contribution < -0.4 is 0 Å². The van der Waals surface area contributed by atoms with Gasteiger partial charge in [0.1, 0.15) is 0 Å². The van der Waals surface area contributed by atoms with E-state index in [0.717, 1.165) is 58.2 Å². The van der Waals surface area contributed by atoms with Crippen LogP contribution in [0.5, 0.6) is 0 Å². The van der Waals surface area contributed by atoms with E-state index in [2.05, 4.69) is 23.6 Å². The molecule has 0 aromatic heterocycles. The minimum Gasteiger partial charge on any atom is -0.374 e. The molecule has 1 aliphatic rings. The lowest BCUT2D eigenvalue weighted by Gasteiger charge is -2.34. The van der Waals surface area contributed by atoms with E-state index >= 15 is 0 Å². The number of alkyl halides is 1. The van der Waals surface area contributed by atoms with Crippen LogP contribution >= 0.6 is 11.6 Å². The molecular weight excluding hydrogens is 224 g/mol. The molecule has 0 aliphatic carbocycles. The number of morpholine rings is 1. The zero-order valence-electron chi connectivity index (χ0n) is 10.6. The average Bonchev–Trinajstić information content (AvgIpc) is 2.34. The second-order valence-corrected chi connectivity index (χ2v) is 4.70. The van der Waals surface area contributed by atoms with Crippen molar-refractivity contribution in [1.82, 2.24) is 9.80 Å². The van der Waals surface area contributed by atoms with E-state index in [-0.39, 0.29) is 0 Å². The van der Waals surface area contributed by atoms with Gasteiger partial charge in [0, 0.05) is 25.5 Å². The average molecular weight is 249 g/mol. The molecule has 0 radical (unpaired) electrons. The molecule has 0 spiro atoms. The molecule has 1 rings (SSSR count). The Hall–Kier alpha value is 0.170. The van der Waals surface area contributed by atoms with Crippen molar-refractivity contribution in [3.8, 4) is 0 Å². The van der Waals surface area contributed by atoms with Gasteiger partial charge in [-0.15, -0.1) is 11.6 Å². The third kappa shape index (κ3) is 5.00. The molecule has 4 heteroatoms. The second-order valence-electron chi connectivity index (χ2n) is 4.32. The number of ether oxygens (including phenoxy) is 1. The molecule has 0 N–H and O–H groups in total. The SMILES string of the molecule is CCN(CCCCl)CC1CN(CC)CCO1. The lowest BCUT2D eigenvalue weighted by molar-refractivity contribution is -0.0411. The van der Waals surface area contributed by atoms with Crippen LogP contribution in [0.1, 0.15) is 20.3 Å². The predicted octanol–water partition coefficient (Wildman–Crippen LogP) is 1.66. The lowest BCUT2D eigenvalue weighted by Crippen LogP contribution is -2.47. The summed E-state index contributed by atoms with van der Waals surface area (Å²) in [5.41, 5.74) is 0. The van der Waals surface area contributed by atoms with Crippen LogP contribution in [0.15, 0.2) is 0 Å². The maximum absolute atomic E-state index is 5.81. The summed E-state index contributed by atoms with van der Waals surface area (Å²) in [4.78, 5) is 4.90. The molecule has 1 saturated heterocycles. The Kier molecular flexibility index (Phi) is 7.37. The summed E-state index contributed by atoms with van der Waals surface area (Å²) in [5, 5.41) is 0. The normalized spacial score (nSPS) is 22.9. The first-order chi connectivity index (χ1) is 7.80. The van der Waals surface area contributed by atoms with Crippen LogP contribution in [0.25, 0.3) is 0 Å². The second kappa shape index (κ2) is 8.29. The highest BCUT2D eigenvalue weighted by Gasteiger charge is 2.20. The molecule has 1 atom stereocenters. The Labute approximate surface area is 105 Å². The number of hydrogen-bond acceptors (Lipinski definition) is 3. The smallest absolute Gasteiger partial charge is 0.0829 e. The fraction of sp³-hybridized carbons (Fsp3) is 1.00. The van der Waals surface area contributed by atoms with Crippen molar-refractivity contribution in [3.63, 3.8) is 0 Å². The summed E-state index contributed by atoms with van der Waals surface area (Å²) >= 11 is 5.72. The van der Waals surface area contributed by atoms with Crippen molar-refractivity contribution in [3.05, 3.63) is 0 Å². The van der Waals surface area contributed by atoms with Gasteiger partial charge in [0.15, 0.2) is 0 Å². The summed E-state index contributed by atoms with van der Waals surface area (Å²) in [6.45, 7) is 11.8. The van der Waals surface area contributed by atoms with E-state index in [1.54, 1.807) is 0 Å². The van der Waals surface area contributed by atoms with E-state index in [0.29, 0.717) is 6.10 Å². The minimum absolute atomic E-state index is 0.379. The Bertz CT molecular complexity index is 180. The summed E-state index contributed by atoms with van der Waals surface area (Å²) in [7, 11) is 0. The maximum Gasteiger partial charge on any atom is 0.0829 e. The lowest BCUT2D eigenvalue weighted by atomic mass is 10.2. The molecule has 0 aromatic carbocycles. The first-order valence-corrected chi connectivity index (χ1v) is 6.95. The number of nitrogens with zero attached hydrogens (tertiary/aromatic N) is 2. The van der Waals surface area contributed by atoms with Crippen LogP contribution in [0.3, 0.4) is 0 Å². The van der Waals surface area contributed by atoms with Gasteiger partial charge in [-0.25, -0.2) is 0 Å². The van der Waals surface area contributed by atoms with Crippen molar-refractivity contribution in [2.24, 2.45) is 0 Å². The molecule has 16 heavy (non-hydrogen) atoms. The van der Waals surface area contributed by atoms with E-state index in [4.69, 9.17) is 16.3 Å². The predicted molar refractivity (Wildman–Crippen MR) is 69.3 cm³/mol. The topological polar surface area (TPSA) is 15.7 Å². The van der Waals surface area contributed by atoms with Gasteiger partial charge in [0.2, 0.25) is 0 Å². The van der Waals surface area contributed by atoms with Crippen molar-refractivity contribution in [2.45, 2.75) is 26.4 Å². The van der Waals surface area contributed by atoms with Crippen molar-refractivity contribution in [2.75, 3.05) is 51.8 Å². The maximum atomic E-state index is 5.81. The molecule has 1 unspecified atom stereocenters. The van der Waals surface area contributed by atoms with Crippen LogP contribution in [0.4, 0.5) is 0 Å². The molecular formula is C12H25ClN2O. The molecule has 1 aliphatic heterocycles. The standard InChI is InChI=1S/C12H25ClN2O/c1-3-14(7-5-6-13)10-12-11-15(4-2)8-9-16-12/h12H,3-11H2,1-2H3. The van der Waals surface area contributed by atoms with Gasteiger partial charge in [-0.3, -0.25) is 4.90 Å². The third-order valence-electron chi connectivity index (χ3n) is 3.19. The van der Waals surface area contributed by atoms with E-state index in [9.17, 15) is 0 Å². The quantitative estimate of drug-likeness (QED) is 0.638. The third-order valence-corrected chi connectivity index (χ3v) is 3.45. The molecule has 96 valence electrons. The molecule has 0 saturated carbocycles. The highest BCUT2D eigenvalue weighted by atomic mass is 35.5. The number of hydrogen-bond donors (Lipinski definition) is 0. The van der Waals surface area contributed by atoms with Gasteiger partial charge in [-0.05, 0) is 26.1 Å². The van der Waals surface area contributed by atoms with E-state index < -0.39 is 0 Å². The Morgan fingerprint density at radius 2 is 2.25 bits per heavy atom. The number of likely N-dealkylation sites (N-methyl/N-ethyl adjacent to an activating group) is 2. The van der Waals surface area contributed by atoms with Gasteiger partial charge >= 0.3 is 0 Å². The first-order valence-electron chi connectivity index (χ1n) is 6.42. The fourth-order valence-corrected chi connectivity index (χ4v) is 2.25. The zero-order valence-corrected chi connectivity index (χ0v) is 11.4. The monoisotopic (exact) mass is 248 g/mol.